The fourth-order valence-corrected chi connectivity index (χ4v) is 3.78. The molecule has 2 N–H and O–H groups in total. The molecule has 0 saturated carbocycles. The Morgan fingerprint density at radius 3 is 2.34 bits per heavy atom. The molecule has 2 rings (SSSR count). The maximum Gasteiger partial charge on any atom is 0.415 e. The molecule has 1 atom stereocenters. The van der Waals surface area contributed by atoms with Crippen LogP contribution in [0.2, 0.25) is 0 Å². The number of halogens is 5. The Kier molecular flexibility index (Phi) is 6.05. The summed E-state index contributed by atoms with van der Waals surface area (Å²) in [6.07, 6.45) is -0.266. The van der Waals surface area contributed by atoms with Gasteiger partial charge in [-0.1, -0.05) is 5.92 Å². The molecule has 0 bridgehead atoms. The lowest BCUT2D eigenvalue weighted by Gasteiger charge is -2.16. The summed E-state index contributed by atoms with van der Waals surface area (Å²) in [6, 6.07) is 0.649. The molecule has 2 aromatic rings. The molecule has 0 aliphatic carbocycles. The van der Waals surface area contributed by atoms with Gasteiger partial charge in [0.15, 0.2) is 17.7 Å². The van der Waals surface area contributed by atoms with Gasteiger partial charge in [-0.2, -0.15) is 17.9 Å². The zero-order chi connectivity index (χ0) is 22.1. The number of carbonyl (C=O) groups is 1. The molecule has 0 spiro atoms. The van der Waals surface area contributed by atoms with Gasteiger partial charge < -0.3 is 9.88 Å². The summed E-state index contributed by atoms with van der Waals surface area (Å²) < 4.78 is 91.8. The van der Waals surface area contributed by atoms with Gasteiger partial charge in [0.2, 0.25) is 10.0 Å². The monoisotopic (exact) mass is 435 g/mol. The van der Waals surface area contributed by atoms with Gasteiger partial charge in [0.05, 0.1) is 0 Å². The van der Waals surface area contributed by atoms with E-state index in [4.69, 9.17) is 6.42 Å². The summed E-state index contributed by atoms with van der Waals surface area (Å²) in [5.41, 5.74) is -0.414. The van der Waals surface area contributed by atoms with Crippen LogP contribution in [-0.2, 0) is 17.1 Å². The zero-order valence-electron chi connectivity index (χ0n) is 14.9. The van der Waals surface area contributed by atoms with E-state index in [-0.39, 0.29) is 17.1 Å². The first kappa shape index (κ1) is 22.4. The Balaban J connectivity index is 2.36. The maximum atomic E-state index is 13.3. The first-order valence-electron chi connectivity index (χ1n) is 7.76. The van der Waals surface area contributed by atoms with Crippen molar-refractivity contribution in [2.75, 3.05) is 5.32 Å². The van der Waals surface area contributed by atoms with E-state index in [1.807, 2.05) is 0 Å². The van der Waals surface area contributed by atoms with Crippen molar-refractivity contribution in [2.24, 2.45) is 7.05 Å². The van der Waals surface area contributed by atoms with Crippen molar-refractivity contribution >= 4 is 21.6 Å². The third-order valence-corrected chi connectivity index (χ3v) is 5.49. The molecule has 0 radical (unpaired) electrons. The standard InChI is InChI=1S/C17H14F5N3O3S/c1-4-15(17(20,21)22)24-29(27,28)14-8-13(25(3)9(14)2)16(26)23-10-5-6-11(18)12(19)7-10/h1,5-8,15,24H,2-3H3,(H,23,26)/t15-/m1/s1. The van der Waals surface area contributed by atoms with E-state index in [2.05, 4.69) is 5.32 Å². The molecule has 6 nitrogen and oxygen atoms in total. The fourth-order valence-electron chi connectivity index (χ4n) is 2.34. The highest BCUT2D eigenvalue weighted by Gasteiger charge is 2.42. The molecular formula is C17H14F5N3O3S. The Morgan fingerprint density at radius 1 is 1.21 bits per heavy atom. The Bertz CT molecular complexity index is 1100. The van der Waals surface area contributed by atoms with E-state index in [9.17, 15) is 35.2 Å². The van der Waals surface area contributed by atoms with E-state index in [1.165, 1.54) is 24.6 Å². The van der Waals surface area contributed by atoms with Gasteiger partial charge in [0.25, 0.3) is 5.91 Å². The highest BCUT2D eigenvalue weighted by atomic mass is 32.2. The molecule has 1 heterocycles. The van der Waals surface area contributed by atoms with E-state index >= 15 is 0 Å². The Labute approximate surface area is 162 Å². The van der Waals surface area contributed by atoms with E-state index in [1.54, 1.807) is 0 Å². The predicted molar refractivity (Wildman–Crippen MR) is 93.5 cm³/mol. The summed E-state index contributed by atoms with van der Waals surface area (Å²) in [5.74, 6) is -1.94. The predicted octanol–water partition coefficient (Wildman–Crippen LogP) is 2.71. The lowest BCUT2D eigenvalue weighted by Crippen LogP contribution is -2.44. The molecule has 0 saturated heterocycles. The van der Waals surface area contributed by atoms with Crippen LogP contribution in [0.1, 0.15) is 16.2 Å². The second-order valence-corrected chi connectivity index (χ2v) is 7.57. The van der Waals surface area contributed by atoms with Crippen molar-refractivity contribution < 1.29 is 35.2 Å². The van der Waals surface area contributed by atoms with Gasteiger partial charge in [-0.15, -0.1) is 6.42 Å². The van der Waals surface area contributed by atoms with Gasteiger partial charge in [-0.3, -0.25) is 4.79 Å². The number of benzene rings is 1. The minimum atomic E-state index is -5.02. The van der Waals surface area contributed by atoms with Gasteiger partial charge in [0, 0.05) is 24.5 Å². The largest absolute Gasteiger partial charge is 0.415 e. The van der Waals surface area contributed by atoms with Crippen molar-refractivity contribution in [3.8, 4) is 12.3 Å². The van der Waals surface area contributed by atoms with Crippen LogP contribution in [0.15, 0.2) is 29.2 Å². The second-order valence-electron chi connectivity index (χ2n) is 5.88. The average Bonchev–Trinajstić information content (AvgIpc) is 2.91. The minimum absolute atomic E-state index is 0.0501. The number of hydrogen-bond donors (Lipinski definition) is 2. The van der Waals surface area contributed by atoms with Crippen LogP contribution in [0.3, 0.4) is 0 Å². The Hall–Kier alpha value is -2.91. The van der Waals surface area contributed by atoms with Crippen molar-refractivity contribution in [2.45, 2.75) is 24.0 Å². The molecule has 12 heteroatoms. The van der Waals surface area contributed by atoms with Crippen LogP contribution >= 0.6 is 0 Å². The van der Waals surface area contributed by atoms with E-state index < -0.39 is 44.7 Å². The van der Waals surface area contributed by atoms with Crippen LogP contribution in [0.5, 0.6) is 0 Å². The number of nitrogens with one attached hydrogen (secondary N) is 2. The molecular weight excluding hydrogens is 421 g/mol. The smallest absolute Gasteiger partial charge is 0.343 e. The molecule has 0 aliphatic heterocycles. The van der Waals surface area contributed by atoms with Crippen LogP contribution in [0.4, 0.5) is 27.6 Å². The van der Waals surface area contributed by atoms with Crippen LogP contribution in [-0.4, -0.2) is 31.1 Å². The normalized spacial score (nSPS) is 13.0. The molecule has 1 amide bonds. The number of terminal acetylenes is 1. The number of nitrogens with zero attached hydrogens (tertiary/aromatic N) is 1. The summed E-state index contributed by atoms with van der Waals surface area (Å²) in [4.78, 5) is 11.8. The molecule has 0 aliphatic rings. The van der Waals surface area contributed by atoms with Crippen molar-refractivity contribution in [3.05, 3.63) is 47.3 Å². The van der Waals surface area contributed by atoms with Crippen LogP contribution < -0.4 is 10.0 Å². The number of amides is 1. The van der Waals surface area contributed by atoms with Crippen molar-refractivity contribution in [3.63, 3.8) is 0 Å². The number of aromatic nitrogens is 1. The summed E-state index contributed by atoms with van der Waals surface area (Å²) >= 11 is 0. The van der Waals surface area contributed by atoms with Crippen molar-refractivity contribution in [1.82, 2.24) is 9.29 Å². The molecule has 1 aromatic carbocycles. The lowest BCUT2D eigenvalue weighted by molar-refractivity contribution is -0.138. The Morgan fingerprint density at radius 2 is 1.83 bits per heavy atom. The second kappa shape index (κ2) is 7.84. The van der Waals surface area contributed by atoms with Crippen LogP contribution in [0, 0.1) is 30.9 Å². The van der Waals surface area contributed by atoms with Crippen molar-refractivity contribution in [1.29, 1.82) is 0 Å². The number of alkyl halides is 3. The summed E-state index contributed by atoms with van der Waals surface area (Å²) in [5, 5.41) is 2.24. The van der Waals surface area contributed by atoms with Crippen LogP contribution in [0.25, 0.3) is 0 Å². The van der Waals surface area contributed by atoms with Gasteiger partial charge in [-0.25, -0.2) is 17.2 Å². The number of rotatable bonds is 5. The first-order valence-corrected chi connectivity index (χ1v) is 9.24. The zero-order valence-corrected chi connectivity index (χ0v) is 15.8. The highest BCUT2D eigenvalue weighted by molar-refractivity contribution is 7.89. The third kappa shape index (κ3) is 4.75. The minimum Gasteiger partial charge on any atom is -0.343 e. The van der Waals surface area contributed by atoms with E-state index in [0.717, 1.165) is 22.8 Å². The maximum absolute atomic E-state index is 13.3. The number of sulfonamides is 1. The lowest BCUT2D eigenvalue weighted by atomic mass is 10.3. The molecule has 156 valence electrons. The molecule has 1 aromatic heterocycles. The topological polar surface area (TPSA) is 80.2 Å². The summed E-state index contributed by atoms with van der Waals surface area (Å²) in [6.45, 7) is 1.27. The average molecular weight is 435 g/mol. The van der Waals surface area contributed by atoms with E-state index in [0.29, 0.717) is 6.07 Å². The fraction of sp³-hybridized carbons (Fsp3) is 0.235. The van der Waals surface area contributed by atoms with Gasteiger partial charge in [0.1, 0.15) is 10.6 Å². The number of carbonyl (C=O) groups excluding carboxylic acids is 1. The SMILES string of the molecule is C#C[C@@H](NS(=O)(=O)c1cc(C(=O)Nc2ccc(F)c(F)c2)n(C)c1C)C(F)(F)F. The highest BCUT2D eigenvalue weighted by Crippen LogP contribution is 2.25. The number of hydrogen-bond acceptors (Lipinski definition) is 3. The third-order valence-electron chi connectivity index (χ3n) is 3.96. The number of anilines is 1. The van der Waals surface area contributed by atoms with Gasteiger partial charge in [-0.05, 0) is 25.1 Å². The van der Waals surface area contributed by atoms with Gasteiger partial charge >= 0.3 is 6.18 Å². The first-order chi connectivity index (χ1) is 13.3. The molecule has 0 fully saturated rings. The molecule has 0 unspecified atom stereocenters. The summed E-state index contributed by atoms with van der Waals surface area (Å²) in [7, 11) is -3.43. The quantitative estimate of drug-likeness (QED) is 0.560. The molecule has 29 heavy (non-hydrogen) atoms.